The standard InChI is InChI=1S/C42H48N8O4S/c1-23(2)36(49-42(53)54-4)41(52)50-18-5-6-33(50)37-44-21-31(47-37)27-11-7-25(8-12-27)26-9-13-28(14-10-26)32-22-45-38(48-32)34-29-15-16-30(20-29)35(34)39(51)46-24(3)40-43-17-19-55-40/h7-14,17,19,21-24,29-30,33-36H,5-6,15-16,18,20H2,1-4H3,(H,44,47)(H,45,48)(H,46,51)(H,49,53)/t24-,29+,30-,33+,34-,35-,36+/m1/s1. The molecule has 12 nitrogen and oxygen atoms in total. The van der Waals surface area contributed by atoms with Crippen LogP contribution in [0.15, 0.2) is 72.5 Å². The molecule has 0 spiro atoms. The molecule has 8 rings (SSSR count). The molecule has 4 N–H and O–H groups in total. The Balaban J connectivity index is 0.923. The van der Waals surface area contributed by atoms with Crippen molar-refractivity contribution in [3.05, 3.63) is 89.2 Å². The summed E-state index contributed by atoms with van der Waals surface area (Å²) in [6.45, 7) is 6.43. The zero-order chi connectivity index (χ0) is 38.2. The third-order valence-electron chi connectivity index (χ3n) is 11.9. The number of benzene rings is 2. The molecule has 3 fully saturated rings. The molecule has 55 heavy (non-hydrogen) atoms. The van der Waals surface area contributed by atoms with E-state index in [2.05, 4.69) is 79.1 Å². The summed E-state index contributed by atoms with van der Waals surface area (Å²) in [5.41, 5.74) is 6.06. The number of alkyl carbamates (subject to hydrolysis) is 1. The molecule has 3 aromatic heterocycles. The molecule has 2 bridgehead atoms. The number of rotatable bonds is 11. The van der Waals surface area contributed by atoms with Crippen molar-refractivity contribution in [3.8, 4) is 33.6 Å². The summed E-state index contributed by atoms with van der Waals surface area (Å²) in [6.07, 6.45) is 9.86. The number of carbonyl (C=O) groups is 3. The number of fused-ring (bicyclic) bond motifs is 2. The van der Waals surface area contributed by atoms with E-state index in [4.69, 9.17) is 9.72 Å². The predicted octanol–water partition coefficient (Wildman–Crippen LogP) is 7.64. The van der Waals surface area contributed by atoms with Crippen LogP contribution in [0.3, 0.4) is 0 Å². The molecule has 4 heterocycles. The van der Waals surface area contributed by atoms with Crippen LogP contribution in [0.25, 0.3) is 33.6 Å². The first-order chi connectivity index (χ1) is 26.7. The summed E-state index contributed by atoms with van der Waals surface area (Å²) in [7, 11) is 1.30. The summed E-state index contributed by atoms with van der Waals surface area (Å²) in [5, 5.41) is 8.82. The lowest BCUT2D eigenvalue weighted by atomic mass is 9.78. The Morgan fingerprint density at radius 3 is 2.05 bits per heavy atom. The Bertz CT molecular complexity index is 2130. The number of likely N-dealkylation sites (tertiary alicyclic amines) is 1. The van der Waals surface area contributed by atoms with Gasteiger partial charge in [-0.15, -0.1) is 11.3 Å². The third kappa shape index (κ3) is 7.29. The second-order valence-electron chi connectivity index (χ2n) is 15.6. The molecular formula is C42H48N8O4S. The van der Waals surface area contributed by atoms with Gasteiger partial charge in [0.25, 0.3) is 0 Å². The smallest absolute Gasteiger partial charge is 0.407 e. The lowest BCUT2D eigenvalue weighted by molar-refractivity contribution is -0.135. The van der Waals surface area contributed by atoms with Gasteiger partial charge in [0.2, 0.25) is 11.8 Å². The molecular weight excluding hydrogens is 713 g/mol. The number of thiazole rings is 1. The number of aromatic nitrogens is 5. The number of hydrogen-bond donors (Lipinski definition) is 4. The average molecular weight is 761 g/mol. The first-order valence-electron chi connectivity index (χ1n) is 19.3. The highest BCUT2D eigenvalue weighted by Gasteiger charge is 2.52. The number of nitrogens with zero attached hydrogens (tertiary/aromatic N) is 4. The largest absolute Gasteiger partial charge is 0.453 e. The van der Waals surface area contributed by atoms with Gasteiger partial charge in [0.05, 0.1) is 48.9 Å². The number of hydrogen-bond acceptors (Lipinski definition) is 8. The van der Waals surface area contributed by atoms with E-state index in [0.29, 0.717) is 18.4 Å². The third-order valence-corrected chi connectivity index (χ3v) is 12.8. The van der Waals surface area contributed by atoms with Gasteiger partial charge in [0.1, 0.15) is 22.7 Å². The van der Waals surface area contributed by atoms with Crippen LogP contribution < -0.4 is 10.6 Å². The first-order valence-corrected chi connectivity index (χ1v) is 20.2. The number of ether oxygens (including phenoxy) is 1. The minimum Gasteiger partial charge on any atom is -0.453 e. The van der Waals surface area contributed by atoms with Gasteiger partial charge >= 0.3 is 6.09 Å². The molecule has 3 amide bonds. The van der Waals surface area contributed by atoms with Gasteiger partial charge in [0, 0.05) is 24.0 Å². The highest BCUT2D eigenvalue weighted by Crippen LogP contribution is 2.56. The second kappa shape index (κ2) is 15.4. The average Bonchev–Trinajstić information content (AvgIpc) is 4.06. The maximum absolute atomic E-state index is 13.6. The predicted molar refractivity (Wildman–Crippen MR) is 211 cm³/mol. The van der Waals surface area contributed by atoms with Crippen LogP contribution in [-0.2, 0) is 14.3 Å². The van der Waals surface area contributed by atoms with Crippen molar-refractivity contribution >= 4 is 29.2 Å². The Morgan fingerprint density at radius 2 is 1.44 bits per heavy atom. The molecule has 5 aromatic rings. The van der Waals surface area contributed by atoms with E-state index in [1.807, 2.05) is 43.4 Å². The van der Waals surface area contributed by atoms with Gasteiger partial charge in [-0.3, -0.25) is 9.59 Å². The fraction of sp³-hybridized carbons (Fsp3) is 0.429. The lowest BCUT2D eigenvalue weighted by Crippen LogP contribution is -2.51. The SMILES string of the molecule is COC(=O)N[C@H](C(=O)N1CCC[C@H]1c1ncc(-c2ccc(-c3ccc(-c4cnc([C@@H]5[C@H]6CC[C@H](C6)[C@H]5C(=O)N[C@H](C)c5nccs5)[nH]4)cc3)cc2)[nH]1)C(C)C. The Morgan fingerprint density at radius 1 is 0.818 bits per heavy atom. The number of methoxy groups -OCH3 is 1. The number of aromatic amines is 2. The molecule has 0 radical (unpaired) electrons. The van der Waals surface area contributed by atoms with E-state index in [1.54, 1.807) is 17.5 Å². The van der Waals surface area contributed by atoms with E-state index >= 15 is 0 Å². The van der Waals surface area contributed by atoms with Crippen LogP contribution in [0.4, 0.5) is 4.79 Å². The van der Waals surface area contributed by atoms with Crippen molar-refractivity contribution in [1.82, 2.24) is 40.5 Å². The highest BCUT2D eigenvalue weighted by atomic mass is 32.1. The minimum atomic E-state index is -0.676. The van der Waals surface area contributed by atoms with E-state index in [0.717, 1.165) is 82.4 Å². The molecule has 1 saturated heterocycles. The number of amides is 3. The molecule has 1 aliphatic heterocycles. The number of nitrogens with one attached hydrogen (secondary N) is 4. The summed E-state index contributed by atoms with van der Waals surface area (Å²) in [5.74, 6) is 2.40. The second-order valence-corrected chi connectivity index (χ2v) is 16.5. The maximum Gasteiger partial charge on any atom is 0.407 e. The van der Waals surface area contributed by atoms with Crippen LogP contribution in [0, 0.1) is 23.7 Å². The zero-order valence-electron chi connectivity index (χ0n) is 31.6. The van der Waals surface area contributed by atoms with E-state index < -0.39 is 12.1 Å². The topological polar surface area (TPSA) is 158 Å². The van der Waals surface area contributed by atoms with Crippen molar-refractivity contribution in [2.24, 2.45) is 23.7 Å². The van der Waals surface area contributed by atoms with Gasteiger partial charge in [-0.2, -0.15) is 0 Å². The first kappa shape index (κ1) is 36.7. The van der Waals surface area contributed by atoms with Crippen molar-refractivity contribution in [1.29, 1.82) is 0 Å². The van der Waals surface area contributed by atoms with Gasteiger partial charge in [-0.25, -0.2) is 19.7 Å². The maximum atomic E-state index is 13.6. The number of carbonyl (C=O) groups excluding carboxylic acids is 3. The summed E-state index contributed by atoms with van der Waals surface area (Å²) in [6, 6.07) is 15.9. The van der Waals surface area contributed by atoms with Crippen molar-refractivity contribution in [3.63, 3.8) is 0 Å². The summed E-state index contributed by atoms with van der Waals surface area (Å²) in [4.78, 5) is 61.9. The Hall–Kier alpha value is -5.30. The van der Waals surface area contributed by atoms with E-state index in [9.17, 15) is 14.4 Å². The molecule has 7 atom stereocenters. The lowest BCUT2D eigenvalue weighted by Gasteiger charge is -2.30. The van der Waals surface area contributed by atoms with Crippen molar-refractivity contribution < 1.29 is 19.1 Å². The van der Waals surface area contributed by atoms with Gasteiger partial charge < -0.3 is 30.2 Å². The van der Waals surface area contributed by atoms with Crippen molar-refractivity contribution in [2.75, 3.05) is 13.7 Å². The van der Waals surface area contributed by atoms with Crippen LogP contribution in [0.1, 0.15) is 87.5 Å². The van der Waals surface area contributed by atoms with Crippen LogP contribution >= 0.6 is 11.3 Å². The van der Waals surface area contributed by atoms with Gasteiger partial charge in [-0.05, 0) is 79.0 Å². The zero-order valence-corrected chi connectivity index (χ0v) is 32.4. The monoisotopic (exact) mass is 760 g/mol. The molecule has 286 valence electrons. The van der Waals surface area contributed by atoms with Crippen LogP contribution in [-0.4, -0.2) is 67.4 Å². The van der Waals surface area contributed by atoms with Crippen LogP contribution in [0.5, 0.6) is 0 Å². The van der Waals surface area contributed by atoms with Gasteiger partial charge in [-0.1, -0.05) is 62.4 Å². The minimum absolute atomic E-state index is 0.0835. The molecule has 2 saturated carbocycles. The normalized spacial score (nSPS) is 22.9. The molecule has 3 aliphatic rings. The number of H-pyrrole nitrogens is 2. The summed E-state index contributed by atoms with van der Waals surface area (Å²) >= 11 is 1.57. The van der Waals surface area contributed by atoms with Crippen molar-refractivity contribution in [2.45, 2.75) is 76.9 Å². The fourth-order valence-electron chi connectivity index (χ4n) is 9.06. The van der Waals surface area contributed by atoms with E-state index in [-0.39, 0.29) is 41.7 Å². The summed E-state index contributed by atoms with van der Waals surface area (Å²) < 4.78 is 4.76. The van der Waals surface area contributed by atoms with E-state index in [1.165, 1.54) is 7.11 Å². The Labute approximate surface area is 324 Å². The molecule has 0 unspecified atom stereocenters. The molecule has 2 aliphatic carbocycles. The highest BCUT2D eigenvalue weighted by molar-refractivity contribution is 7.09. The fourth-order valence-corrected chi connectivity index (χ4v) is 9.71. The Kier molecular flexibility index (Phi) is 10.3. The van der Waals surface area contributed by atoms with Gasteiger partial charge in [0.15, 0.2) is 0 Å². The van der Waals surface area contributed by atoms with Crippen LogP contribution in [0.2, 0.25) is 0 Å². The molecule has 13 heteroatoms. The molecule has 2 aromatic carbocycles. The quantitative estimate of drug-likeness (QED) is 0.108. The number of imidazole rings is 2.